The lowest BCUT2D eigenvalue weighted by Gasteiger charge is -2.44. The molecular weight excluding hydrogens is 267 g/mol. The summed E-state index contributed by atoms with van der Waals surface area (Å²) in [7, 11) is 2.17. The molecule has 100 valence electrons. The van der Waals surface area contributed by atoms with Crippen LogP contribution in [0.25, 0.3) is 0 Å². The molecule has 18 heavy (non-hydrogen) atoms. The molecule has 2 nitrogen and oxygen atoms in total. The van der Waals surface area contributed by atoms with Gasteiger partial charge in [0.25, 0.3) is 0 Å². The van der Waals surface area contributed by atoms with E-state index in [-0.39, 0.29) is 0 Å². The van der Waals surface area contributed by atoms with Gasteiger partial charge in [0.15, 0.2) is 0 Å². The number of likely N-dealkylation sites (N-methyl/N-ethyl adjacent to an activating group) is 1. The van der Waals surface area contributed by atoms with Crippen LogP contribution in [0.2, 0.25) is 10.0 Å². The number of piperazine rings is 1. The first kappa shape index (κ1) is 14.0. The molecule has 2 rings (SSSR count). The molecule has 1 aromatic rings. The number of benzene rings is 1. The Labute approximate surface area is 119 Å². The molecule has 0 spiro atoms. The molecule has 1 heterocycles. The summed E-state index contributed by atoms with van der Waals surface area (Å²) in [5.41, 5.74) is 2.08. The quantitative estimate of drug-likeness (QED) is 0.774. The first-order valence-corrected chi connectivity index (χ1v) is 7.08. The van der Waals surface area contributed by atoms with E-state index >= 15 is 0 Å². The Morgan fingerprint density at radius 2 is 1.50 bits per heavy atom. The van der Waals surface area contributed by atoms with Gasteiger partial charge in [-0.2, -0.15) is 0 Å². The van der Waals surface area contributed by atoms with E-state index in [0.717, 1.165) is 34.4 Å². The predicted octanol–water partition coefficient (Wildman–Crippen LogP) is 3.83. The van der Waals surface area contributed by atoms with Crippen LogP contribution >= 0.6 is 23.2 Å². The summed E-state index contributed by atoms with van der Waals surface area (Å²) in [4.78, 5) is 4.70. The molecular formula is C14H20Cl2N2. The van der Waals surface area contributed by atoms with Crippen LogP contribution in [-0.4, -0.2) is 37.1 Å². The van der Waals surface area contributed by atoms with Crippen LogP contribution in [0.3, 0.4) is 0 Å². The van der Waals surface area contributed by atoms with E-state index < -0.39 is 0 Å². The van der Waals surface area contributed by atoms with E-state index in [1.54, 1.807) is 0 Å². The van der Waals surface area contributed by atoms with Crippen molar-refractivity contribution in [3.8, 4) is 0 Å². The lowest BCUT2D eigenvalue weighted by molar-refractivity contribution is 0.170. The highest BCUT2D eigenvalue weighted by molar-refractivity contribution is 6.39. The fourth-order valence-electron chi connectivity index (χ4n) is 2.58. The minimum Gasteiger partial charge on any atom is -0.366 e. The molecule has 0 aromatic heterocycles. The van der Waals surface area contributed by atoms with Crippen LogP contribution in [0.15, 0.2) is 12.1 Å². The maximum Gasteiger partial charge on any atom is 0.0746 e. The molecule has 0 N–H and O–H groups in total. The second kappa shape index (κ2) is 5.28. The number of hydrogen-bond donors (Lipinski definition) is 0. The SMILES string of the molecule is Cc1cc(Cl)c(N2C[C@@H](C)N(C)[C@@H](C)C2)c(Cl)c1. The van der Waals surface area contributed by atoms with Gasteiger partial charge in [-0.15, -0.1) is 0 Å². The number of halogens is 2. The van der Waals surface area contributed by atoms with Gasteiger partial charge in [0.2, 0.25) is 0 Å². The fraction of sp³-hybridized carbons (Fsp3) is 0.571. The Morgan fingerprint density at radius 1 is 1.06 bits per heavy atom. The van der Waals surface area contributed by atoms with E-state index in [1.807, 2.05) is 19.1 Å². The molecule has 1 fully saturated rings. The van der Waals surface area contributed by atoms with Crippen molar-refractivity contribution in [2.24, 2.45) is 0 Å². The van der Waals surface area contributed by atoms with Gasteiger partial charge in [0.05, 0.1) is 15.7 Å². The highest BCUT2D eigenvalue weighted by Crippen LogP contribution is 2.36. The lowest BCUT2D eigenvalue weighted by atomic mass is 10.1. The van der Waals surface area contributed by atoms with E-state index in [1.165, 1.54) is 0 Å². The third-order valence-electron chi connectivity index (χ3n) is 3.84. The summed E-state index contributed by atoms with van der Waals surface area (Å²) >= 11 is 12.7. The zero-order chi connectivity index (χ0) is 13.4. The first-order valence-electron chi connectivity index (χ1n) is 6.32. The largest absolute Gasteiger partial charge is 0.366 e. The van der Waals surface area contributed by atoms with Gasteiger partial charge in [-0.05, 0) is 45.5 Å². The zero-order valence-electron chi connectivity index (χ0n) is 11.4. The number of hydrogen-bond acceptors (Lipinski definition) is 2. The van der Waals surface area contributed by atoms with Crippen LogP contribution in [0.5, 0.6) is 0 Å². The summed E-state index contributed by atoms with van der Waals surface area (Å²) in [6.45, 7) is 8.40. The molecule has 1 saturated heterocycles. The molecule has 0 saturated carbocycles. The predicted molar refractivity (Wildman–Crippen MR) is 80.1 cm³/mol. The molecule has 0 radical (unpaired) electrons. The third kappa shape index (κ3) is 2.61. The van der Waals surface area contributed by atoms with Crippen molar-refractivity contribution in [1.29, 1.82) is 0 Å². The van der Waals surface area contributed by atoms with Crippen LogP contribution in [-0.2, 0) is 0 Å². The Hall–Kier alpha value is -0.440. The van der Waals surface area contributed by atoms with Crippen molar-refractivity contribution in [2.45, 2.75) is 32.9 Å². The summed E-state index contributed by atoms with van der Waals surface area (Å²) in [5, 5.41) is 1.51. The average Bonchev–Trinajstić information content (AvgIpc) is 2.24. The highest BCUT2D eigenvalue weighted by Gasteiger charge is 2.28. The molecule has 2 atom stereocenters. The molecule has 0 aliphatic carbocycles. The highest BCUT2D eigenvalue weighted by atomic mass is 35.5. The molecule has 1 aliphatic heterocycles. The Bertz CT molecular complexity index is 412. The molecule has 1 aromatic carbocycles. The number of anilines is 1. The van der Waals surface area contributed by atoms with Crippen molar-refractivity contribution in [3.63, 3.8) is 0 Å². The molecule has 0 unspecified atom stereocenters. The fourth-order valence-corrected chi connectivity index (χ4v) is 3.42. The Morgan fingerprint density at radius 3 is 1.94 bits per heavy atom. The van der Waals surface area contributed by atoms with Gasteiger partial charge in [0, 0.05) is 25.2 Å². The number of aryl methyl sites for hydroxylation is 1. The minimum atomic E-state index is 0.502. The van der Waals surface area contributed by atoms with Gasteiger partial charge in [-0.3, -0.25) is 4.90 Å². The summed E-state index contributed by atoms with van der Waals surface area (Å²) in [6, 6.07) is 4.97. The van der Waals surface area contributed by atoms with E-state index in [4.69, 9.17) is 23.2 Å². The molecule has 0 amide bonds. The van der Waals surface area contributed by atoms with Crippen molar-refractivity contribution >= 4 is 28.9 Å². The second-order valence-electron chi connectivity index (χ2n) is 5.35. The maximum absolute atomic E-state index is 6.36. The van der Waals surface area contributed by atoms with Crippen molar-refractivity contribution < 1.29 is 0 Å². The van der Waals surface area contributed by atoms with E-state index in [0.29, 0.717) is 12.1 Å². The molecule has 4 heteroatoms. The molecule has 0 bridgehead atoms. The monoisotopic (exact) mass is 286 g/mol. The smallest absolute Gasteiger partial charge is 0.0746 e. The second-order valence-corrected chi connectivity index (χ2v) is 6.16. The topological polar surface area (TPSA) is 6.48 Å². The number of rotatable bonds is 1. The van der Waals surface area contributed by atoms with Crippen LogP contribution in [0.4, 0.5) is 5.69 Å². The van der Waals surface area contributed by atoms with Gasteiger partial charge in [-0.1, -0.05) is 23.2 Å². The Balaban J connectivity index is 2.32. The van der Waals surface area contributed by atoms with Gasteiger partial charge < -0.3 is 4.90 Å². The lowest BCUT2D eigenvalue weighted by Crippen LogP contribution is -2.55. The summed E-state index contributed by atoms with van der Waals surface area (Å²) in [5.74, 6) is 0. The zero-order valence-corrected chi connectivity index (χ0v) is 12.9. The van der Waals surface area contributed by atoms with Crippen molar-refractivity contribution in [3.05, 3.63) is 27.7 Å². The van der Waals surface area contributed by atoms with Crippen LogP contribution in [0, 0.1) is 6.92 Å². The van der Waals surface area contributed by atoms with Gasteiger partial charge >= 0.3 is 0 Å². The van der Waals surface area contributed by atoms with Gasteiger partial charge in [-0.25, -0.2) is 0 Å². The maximum atomic E-state index is 6.36. The Kier molecular flexibility index (Phi) is 4.10. The standard InChI is InChI=1S/C14H20Cl2N2/c1-9-5-12(15)14(13(16)6-9)18-7-10(2)17(4)11(3)8-18/h5-6,10-11H,7-8H2,1-4H3/t10-,11+. The van der Waals surface area contributed by atoms with Gasteiger partial charge in [0.1, 0.15) is 0 Å². The number of nitrogens with zero attached hydrogens (tertiary/aromatic N) is 2. The van der Waals surface area contributed by atoms with Crippen molar-refractivity contribution in [2.75, 3.05) is 25.0 Å². The minimum absolute atomic E-state index is 0.502. The first-order chi connectivity index (χ1) is 8.40. The van der Waals surface area contributed by atoms with Crippen molar-refractivity contribution in [1.82, 2.24) is 4.90 Å². The normalized spacial score (nSPS) is 25.6. The van der Waals surface area contributed by atoms with Crippen LogP contribution in [0.1, 0.15) is 19.4 Å². The van der Waals surface area contributed by atoms with Crippen LogP contribution < -0.4 is 4.90 Å². The van der Waals surface area contributed by atoms with E-state index in [2.05, 4.69) is 30.7 Å². The average molecular weight is 287 g/mol. The summed E-state index contributed by atoms with van der Waals surface area (Å²) in [6.07, 6.45) is 0. The molecule has 1 aliphatic rings. The van der Waals surface area contributed by atoms with E-state index in [9.17, 15) is 0 Å². The third-order valence-corrected chi connectivity index (χ3v) is 4.41. The summed E-state index contributed by atoms with van der Waals surface area (Å²) < 4.78 is 0.